The van der Waals surface area contributed by atoms with Crippen molar-refractivity contribution in [2.75, 3.05) is 43.6 Å². The van der Waals surface area contributed by atoms with Gasteiger partial charge in [-0.1, -0.05) is 30.8 Å². The van der Waals surface area contributed by atoms with Gasteiger partial charge in [0.15, 0.2) is 5.16 Å². The summed E-state index contributed by atoms with van der Waals surface area (Å²) in [6.07, 6.45) is 0. The molecule has 0 radical (unpaired) electrons. The number of para-hydroxylation sites is 1. The molecule has 4 rings (SSSR count). The molecule has 0 saturated carbocycles. The second-order valence-corrected chi connectivity index (χ2v) is 9.75. The van der Waals surface area contributed by atoms with Crippen molar-refractivity contribution in [2.45, 2.75) is 12.1 Å². The summed E-state index contributed by atoms with van der Waals surface area (Å²) < 4.78 is 14.9. The van der Waals surface area contributed by atoms with Crippen LogP contribution in [0.3, 0.4) is 0 Å². The number of benzene rings is 2. The van der Waals surface area contributed by atoms with Crippen LogP contribution in [-0.2, 0) is 4.79 Å². The predicted octanol–water partition coefficient (Wildman–Crippen LogP) is 3.47. The number of fused-ring (bicyclic) bond motifs is 1. The van der Waals surface area contributed by atoms with E-state index in [4.69, 9.17) is 0 Å². The molecule has 1 aliphatic heterocycles. The monoisotopic (exact) mass is 472 g/mol. The SMILES string of the molecule is CCN1CCN(C(=O)CSCSc2nc3ccccc3c(=O)n2-c2ccc(F)cc2)CC1. The normalized spacial score (nSPS) is 14.8. The zero-order valence-electron chi connectivity index (χ0n) is 17.9. The van der Waals surface area contributed by atoms with Crippen molar-refractivity contribution in [1.29, 1.82) is 0 Å². The van der Waals surface area contributed by atoms with E-state index in [-0.39, 0.29) is 17.3 Å². The third kappa shape index (κ3) is 5.16. The molecule has 2 heterocycles. The van der Waals surface area contributed by atoms with E-state index >= 15 is 0 Å². The Hall–Kier alpha value is -2.36. The van der Waals surface area contributed by atoms with Crippen molar-refractivity contribution in [3.63, 3.8) is 0 Å². The number of carbonyl (C=O) groups is 1. The summed E-state index contributed by atoms with van der Waals surface area (Å²) in [5.74, 6) is 0.181. The quantitative estimate of drug-likeness (QED) is 0.227. The second-order valence-electron chi connectivity index (χ2n) is 7.45. The summed E-state index contributed by atoms with van der Waals surface area (Å²) in [6, 6.07) is 13.0. The number of rotatable bonds is 7. The van der Waals surface area contributed by atoms with Crippen molar-refractivity contribution < 1.29 is 9.18 Å². The van der Waals surface area contributed by atoms with E-state index in [0.717, 1.165) is 32.7 Å². The number of hydrogen-bond donors (Lipinski definition) is 0. The Kier molecular flexibility index (Phi) is 7.49. The van der Waals surface area contributed by atoms with Crippen molar-refractivity contribution in [1.82, 2.24) is 19.4 Å². The lowest BCUT2D eigenvalue weighted by Gasteiger charge is -2.34. The van der Waals surface area contributed by atoms with Crippen LogP contribution in [0.2, 0.25) is 0 Å². The van der Waals surface area contributed by atoms with Gasteiger partial charge in [-0.2, -0.15) is 0 Å². The molecule has 3 aromatic rings. The average molecular weight is 473 g/mol. The van der Waals surface area contributed by atoms with Crippen LogP contribution in [0.15, 0.2) is 58.5 Å². The zero-order chi connectivity index (χ0) is 22.5. The fourth-order valence-electron chi connectivity index (χ4n) is 3.66. The van der Waals surface area contributed by atoms with Crippen molar-refractivity contribution >= 4 is 40.3 Å². The first-order chi connectivity index (χ1) is 15.6. The van der Waals surface area contributed by atoms with Crippen molar-refractivity contribution in [3.8, 4) is 5.69 Å². The summed E-state index contributed by atoms with van der Waals surface area (Å²) in [4.78, 5) is 34.6. The van der Waals surface area contributed by atoms with Gasteiger partial charge in [-0.05, 0) is 42.9 Å². The van der Waals surface area contributed by atoms with E-state index in [9.17, 15) is 14.0 Å². The molecule has 1 amide bonds. The lowest BCUT2D eigenvalue weighted by Crippen LogP contribution is -2.49. The van der Waals surface area contributed by atoms with Crippen LogP contribution in [0.1, 0.15) is 6.92 Å². The molecule has 1 aromatic heterocycles. The Morgan fingerprint density at radius 3 is 2.50 bits per heavy atom. The number of carbonyl (C=O) groups excluding carboxylic acids is 1. The van der Waals surface area contributed by atoms with Gasteiger partial charge >= 0.3 is 0 Å². The van der Waals surface area contributed by atoms with Crippen LogP contribution in [0.4, 0.5) is 4.39 Å². The first-order valence-electron chi connectivity index (χ1n) is 10.5. The van der Waals surface area contributed by atoms with Gasteiger partial charge in [0.25, 0.3) is 5.56 Å². The molecule has 0 atom stereocenters. The highest BCUT2D eigenvalue weighted by Gasteiger charge is 2.20. The predicted molar refractivity (Wildman–Crippen MR) is 129 cm³/mol. The number of likely N-dealkylation sites (N-methyl/N-ethyl adjacent to an activating group) is 1. The summed E-state index contributed by atoms with van der Waals surface area (Å²) >= 11 is 2.93. The van der Waals surface area contributed by atoms with Crippen LogP contribution >= 0.6 is 23.5 Å². The fraction of sp³-hybridized carbons (Fsp3) is 0.348. The maximum Gasteiger partial charge on any atom is 0.266 e. The Bertz CT molecular complexity index is 1140. The topological polar surface area (TPSA) is 58.4 Å². The molecule has 0 bridgehead atoms. The molecule has 1 aliphatic rings. The summed E-state index contributed by atoms with van der Waals surface area (Å²) in [6.45, 7) is 6.55. The van der Waals surface area contributed by atoms with Gasteiger partial charge in [0.1, 0.15) is 5.82 Å². The number of amides is 1. The molecule has 0 unspecified atom stereocenters. The minimum atomic E-state index is -0.362. The number of aromatic nitrogens is 2. The lowest BCUT2D eigenvalue weighted by atomic mass is 10.2. The van der Waals surface area contributed by atoms with Gasteiger partial charge in [-0.3, -0.25) is 14.2 Å². The number of thioether (sulfide) groups is 2. The zero-order valence-corrected chi connectivity index (χ0v) is 19.5. The van der Waals surface area contributed by atoms with Gasteiger partial charge in [0.2, 0.25) is 5.91 Å². The maximum absolute atomic E-state index is 13.4. The van der Waals surface area contributed by atoms with Crippen LogP contribution in [0, 0.1) is 5.82 Å². The van der Waals surface area contributed by atoms with Crippen LogP contribution in [-0.4, -0.2) is 68.8 Å². The van der Waals surface area contributed by atoms with E-state index in [0.29, 0.717) is 32.6 Å². The number of halogens is 1. The molecule has 6 nitrogen and oxygen atoms in total. The Morgan fingerprint density at radius 1 is 1.06 bits per heavy atom. The Labute approximate surface area is 194 Å². The minimum Gasteiger partial charge on any atom is -0.339 e. The van der Waals surface area contributed by atoms with Gasteiger partial charge in [-0.15, -0.1) is 11.8 Å². The highest BCUT2D eigenvalue weighted by molar-refractivity contribution is 8.16. The molecule has 1 fully saturated rings. The summed E-state index contributed by atoms with van der Waals surface area (Å²) in [5, 5.41) is 1.61. The molecule has 0 spiro atoms. The number of piperazine rings is 1. The first-order valence-corrected chi connectivity index (χ1v) is 12.7. The van der Waals surface area contributed by atoms with E-state index in [1.54, 1.807) is 24.3 Å². The smallest absolute Gasteiger partial charge is 0.266 e. The summed E-state index contributed by atoms with van der Waals surface area (Å²) in [5.41, 5.74) is 0.986. The molecular weight excluding hydrogens is 447 g/mol. The van der Waals surface area contributed by atoms with Crippen LogP contribution in [0.5, 0.6) is 0 Å². The lowest BCUT2D eigenvalue weighted by molar-refractivity contribution is -0.130. The number of nitrogens with zero attached hydrogens (tertiary/aromatic N) is 4. The van der Waals surface area contributed by atoms with E-state index in [2.05, 4.69) is 16.8 Å². The Morgan fingerprint density at radius 2 is 1.78 bits per heavy atom. The maximum atomic E-state index is 13.4. The van der Waals surface area contributed by atoms with Gasteiger partial charge < -0.3 is 9.80 Å². The molecule has 2 aromatic carbocycles. The van der Waals surface area contributed by atoms with E-state index in [1.165, 1.54) is 40.2 Å². The molecular formula is C23H25FN4O2S2. The molecule has 168 valence electrons. The van der Waals surface area contributed by atoms with Crippen LogP contribution in [0.25, 0.3) is 16.6 Å². The minimum absolute atomic E-state index is 0.147. The summed E-state index contributed by atoms with van der Waals surface area (Å²) in [7, 11) is 0. The van der Waals surface area contributed by atoms with Gasteiger partial charge in [0.05, 0.1) is 22.3 Å². The molecule has 0 aliphatic carbocycles. The van der Waals surface area contributed by atoms with Crippen molar-refractivity contribution in [2.24, 2.45) is 0 Å². The molecule has 1 saturated heterocycles. The third-order valence-corrected chi connectivity index (χ3v) is 7.62. The largest absolute Gasteiger partial charge is 0.339 e. The van der Waals surface area contributed by atoms with Crippen LogP contribution < -0.4 is 5.56 Å². The first kappa shape index (κ1) is 22.8. The highest BCUT2D eigenvalue weighted by atomic mass is 32.2. The Balaban J connectivity index is 1.46. The molecule has 32 heavy (non-hydrogen) atoms. The van der Waals surface area contributed by atoms with Gasteiger partial charge in [0, 0.05) is 31.3 Å². The third-order valence-electron chi connectivity index (χ3n) is 5.50. The number of hydrogen-bond acceptors (Lipinski definition) is 6. The van der Waals surface area contributed by atoms with E-state index < -0.39 is 0 Å². The van der Waals surface area contributed by atoms with Crippen molar-refractivity contribution in [3.05, 3.63) is 64.7 Å². The highest BCUT2D eigenvalue weighted by Crippen LogP contribution is 2.25. The fourth-order valence-corrected chi connectivity index (χ4v) is 5.58. The second kappa shape index (κ2) is 10.5. The average Bonchev–Trinajstić information content (AvgIpc) is 2.83. The standard InChI is InChI=1S/C23H25FN4O2S2/c1-2-26-11-13-27(14-12-26)21(29)15-31-16-32-23-25-20-6-4-3-5-19(20)22(30)28(23)18-9-7-17(24)8-10-18/h3-10H,2,11-16H2,1H3. The van der Waals surface area contributed by atoms with Gasteiger partial charge in [-0.25, -0.2) is 9.37 Å². The molecule has 9 heteroatoms. The molecule has 0 N–H and O–H groups in total. The van der Waals surface area contributed by atoms with E-state index in [1.807, 2.05) is 17.0 Å².